The van der Waals surface area contributed by atoms with Crippen molar-refractivity contribution in [1.29, 1.82) is 0 Å². The summed E-state index contributed by atoms with van der Waals surface area (Å²) in [6, 6.07) is 5.87. The van der Waals surface area contributed by atoms with Crippen LogP contribution in [0.4, 0.5) is 0 Å². The molecule has 1 aliphatic carbocycles. The van der Waals surface area contributed by atoms with Crippen LogP contribution in [-0.2, 0) is 16.0 Å². The number of primary amides is 1. The number of nitrogens with two attached hydrogens (primary N) is 1. The normalized spacial score (nSPS) is 26.6. The number of fused-ring (bicyclic) bond motifs is 2. The van der Waals surface area contributed by atoms with E-state index >= 15 is 0 Å². The number of hydrogen-bond donors (Lipinski definition) is 2. The molecule has 0 spiro atoms. The monoisotopic (exact) mass is 312 g/mol. The first-order valence-corrected chi connectivity index (χ1v) is 8.08. The molecule has 2 aliphatic rings. The van der Waals surface area contributed by atoms with Gasteiger partial charge in [-0.1, -0.05) is 12.5 Å². The Balaban J connectivity index is 1.50. The number of carbonyl (C=O) groups excluding carboxylic acids is 2. The van der Waals surface area contributed by atoms with Gasteiger partial charge in [-0.15, -0.1) is 0 Å². The molecule has 1 saturated carbocycles. The second-order valence-corrected chi connectivity index (χ2v) is 6.85. The maximum Gasteiger partial charge on any atom is 0.227 e. The fourth-order valence-corrected chi connectivity index (χ4v) is 4.27. The lowest BCUT2D eigenvalue weighted by Gasteiger charge is -2.24. The molecule has 1 aliphatic heterocycles. The van der Waals surface area contributed by atoms with Gasteiger partial charge >= 0.3 is 0 Å². The average molecular weight is 312 g/mol. The summed E-state index contributed by atoms with van der Waals surface area (Å²) in [5.74, 6) is 0.0679. The van der Waals surface area contributed by atoms with Crippen LogP contribution in [0.3, 0.4) is 0 Å². The Morgan fingerprint density at radius 2 is 2.30 bits per heavy atom. The van der Waals surface area contributed by atoms with Gasteiger partial charge in [-0.25, -0.2) is 0 Å². The minimum Gasteiger partial charge on any atom is -0.369 e. The van der Waals surface area contributed by atoms with Gasteiger partial charge in [0, 0.05) is 18.5 Å². The number of likely N-dealkylation sites (tertiary alicyclic amines) is 1. The fraction of sp³-hybridized carbons (Fsp3) is 0.471. The highest BCUT2D eigenvalue weighted by Crippen LogP contribution is 2.48. The van der Waals surface area contributed by atoms with Crippen LogP contribution >= 0.6 is 0 Å². The standard InChI is InChI=1S/C17H20N4O2/c18-16(23)17-5-1-2-13(17)9-21(10-17)15(22)7-11-3-4-14-12(6-11)8-19-20-14/h3-4,6,8,13H,1-2,5,7,9-10H2,(H2,18,23)(H,19,20)/t13-,17-/m0/s1. The van der Waals surface area contributed by atoms with E-state index in [4.69, 9.17) is 5.73 Å². The van der Waals surface area contributed by atoms with Crippen LogP contribution in [0.1, 0.15) is 24.8 Å². The summed E-state index contributed by atoms with van der Waals surface area (Å²) in [6.45, 7) is 1.15. The SMILES string of the molecule is NC(=O)[C@]12CCC[C@H]1CN(C(=O)Cc1ccc3[nH]ncc3c1)C2. The smallest absolute Gasteiger partial charge is 0.227 e. The number of carbonyl (C=O) groups is 2. The molecule has 2 aromatic rings. The van der Waals surface area contributed by atoms with Crippen molar-refractivity contribution < 1.29 is 9.59 Å². The number of aromatic nitrogens is 2. The zero-order valence-corrected chi connectivity index (χ0v) is 12.9. The molecular weight excluding hydrogens is 292 g/mol. The van der Waals surface area contributed by atoms with Gasteiger partial charge in [-0.05, 0) is 36.5 Å². The van der Waals surface area contributed by atoms with E-state index in [1.165, 1.54) is 0 Å². The second kappa shape index (κ2) is 5.08. The molecule has 1 aromatic heterocycles. The Hall–Kier alpha value is -2.37. The number of H-pyrrole nitrogens is 1. The van der Waals surface area contributed by atoms with E-state index < -0.39 is 5.41 Å². The summed E-state index contributed by atoms with van der Waals surface area (Å²) in [4.78, 5) is 26.4. The van der Waals surface area contributed by atoms with E-state index in [1.54, 1.807) is 6.20 Å². The van der Waals surface area contributed by atoms with Crippen molar-refractivity contribution in [2.45, 2.75) is 25.7 Å². The van der Waals surface area contributed by atoms with E-state index in [9.17, 15) is 9.59 Å². The van der Waals surface area contributed by atoms with Crippen LogP contribution in [0.25, 0.3) is 10.9 Å². The van der Waals surface area contributed by atoms with E-state index in [1.807, 2.05) is 23.1 Å². The lowest BCUT2D eigenvalue weighted by atomic mass is 9.80. The quantitative estimate of drug-likeness (QED) is 0.892. The number of nitrogens with zero attached hydrogens (tertiary/aromatic N) is 2. The molecule has 3 N–H and O–H groups in total. The molecule has 120 valence electrons. The van der Waals surface area contributed by atoms with E-state index in [2.05, 4.69) is 10.2 Å². The van der Waals surface area contributed by atoms with E-state index in [0.717, 1.165) is 35.7 Å². The molecular formula is C17H20N4O2. The Kier molecular flexibility index (Phi) is 3.14. The minimum absolute atomic E-state index is 0.0721. The number of hydrogen-bond acceptors (Lipinski definition) is 3. The molecule has 4 rings (SSSR count). The van der Waals surface area contributed by atoms with Gasteiger partial charge in [0.2, 0.25) is 11.8 Å². The number of benzene rings is 1. The van der Waals surface area contributed by atoms with Crippen LogP contribution in [0.2, 0.25) is 0 Å². The third kappa shape index (κ3) is 2.20. The third-order valence-electron chi connectivity index (χ3n) is 5.57. The third-order valence-corrected chi connectivity index (χ3v) is 5.57. The van der Waals surface area contributed by atoms with Crippen LogP contribution in [0.5, 0.6) is 0 Å². The first-order valence-electron chi connectivity index (χ1n) is 8.08. The molecule has 6 nitrogen and oxygen atoms in total. The summed E-state index contributed by atoms with van der Waals surface area (Å²) >= 11 is 0. The highest BCUT2D eigenvalue weighted by atomic mass is 16.2. The van der Waals surface area contributed by atoms with Crippen LogP contribution in [0, 0.1) is 11.3 Å². The predicted molar refractivity (Wildman–Crippen MR) is 85.3 cm³/mol. The number of aromatic amines is 1. The Bertz CT molecular complexity index is 784. The summed E-state index contributed by atoms with van der Waals surface area (Å²) in [6.07, 6.45) is 4.95. The molecule has 2 heterocycles. The Labute approximate surface area is 134 Å². The van der Waals surface area contributed by atoms with Crippen molar-refractivity contribution in [2.75, 3.05) is 13.1 Å². The highest BCUT2D eigenvalue weighted by molar-refractivity contribution is 5.86. The van der Waals surface area contributed by atoms with Crippen LogP contribution in [0.15, 0.2) is 24.4 Å². The molecule has 1 aromatic carbocycles. The Morgan fingerprint density at radius 3 is 3.09 bits per heavy atom. The lowest BCUT2D eigenvalue weighted by molar-refractivity contribution is -0.131. The van der Waals surface area contributed by atoms with Crippen molar-refractivity contribution in [3.8, 4) is 0 Å². The molecule has 0 unspecified atom stereocenters. The number of rotatable bonds is 3. The fourth-order valence-electron chi connectivity index (χ4n) is 4.27. The van der Waals surface area contributed by atoms with Gasteiger partial charge < -0.3 is 10.6 Å². The summed E-state index contributed by atoms with van der Waals surface area (Å²) in [5.41, 5.74) is 7.10. The summed E-state index contributed by atoms with van der Waals surface area (Å²) in [7, 11) is 0. The van der Waals surface area contributed by atoms with Gasteiger partial charge in [0.25, 0.3) is 0 Å². The first kappa shape index (κ1) is 14.2. The molecule has 2 fully saturated rings. The molecule has 0 bridgehead atoms. The van der Waals surface area contributed by atoms with Gasteiger partial charge in [-0.3, -0.25) is 14.7 Å². The van der Waals surface area contributed by atoms with Crippen LogP contribution in [-0.4, -0.2) is 40.0 Å². The zero-order valence-electron chi connectivity index (χ0n) is 12.9. The van der Waals surface area contributed by atoms with Crippen molar-refractivity contribution in [1.82, 2.24) is 15.1 Å². The number of nitrogens with one attached hydrogen (secondary N) is 1. The van der Waals surface area contributed by atoms with Gasteiger partial charge in [0.1, 0.15) is 0 Å². The molecule has 6 heteroatoms. The molecule has 0 radical (unpaired) electrons. The van der Waals surface area contributed by atoms with Crippen molar-refractivity contribution in [3.63, 3.8) is 0 Å². The second-order valence-electron chi connectivity index (χ2n) is 6.85. The molecule has 1 saturated heterocycles. The maximum absolute atomic E-state index is 12.6. The topological polar surface area (TPSA) is 92.1 Å². The van der Waals surface area contributed by atoms with Crippen LogP contribution < -0.4 is 5.73 Å². The average Bonchev–Trinajstić information content (AvgIpc) is 3.20. The molecule has 23 heavy (non-hydrogen) atoms. The van der Waals surface area contributed by atoms with Gasteiger partial charge in [0.05, 0.1) is 23.5 Å². The van der Waals surface area contributed by atoms with Crippen molar-refractivity contribution in [3.05, 3.63) is 30.0 Å². The predicted octanol–water partition coefficient (Wildman–Crippen LogP) is 1.22. The molecule has 2 atom stereocenters. The zero-order chi connectivity index (χ0) is 16.0. The maximum atomic E-state index is 12.6. The molecule has 2 amide bonds. The number of amides is 2. The summed E-state index contributed by atoms with van der Waals surface area (Å²) in [5, 5.41) is 7.90. The van der Waals surface area contributed by atoms with Gasteiger partial charge in [0.15, 0.2) is 0 Å². The van der Waals surface area contributed by atoms with Crippen molar-refractivity contribution >= 4 is 22.7 Å². The Morgan fingerprint density at radius 1 is 1.43 bits per heavy atom. The minimum atomic E-state index is -0.482. The highest BCUT2D eigenvalue weighted by Gasteiger charge is 2.54. The summed E-state index contributed by atoms with van der Waals surface area (Å²) < 4.78 is 0. The lowest BCUT2D eigenvalue weighted by Crippen LogP contribution is -2.41. The van der Waals surface area contributed by atoms with E-state index in [0.29, 0.717) is 19.5 Å². The first-order chi connectivity index (χ1) is 11.1. The van der Waals surface area contributed by atoms with Crippen molar-refractivity contribution in [2.24, 2.45) is 17.1 Å². The van der Waals surface area contributed by atoms with Gasteiger partial charge in [-0.2, -0.15) is 5.10 Å². The largest absolute Gasteiger partial charge is 0.369 e. The van der Waals surface area contributed by atoms with E-state index in [-0.39, 0.29) is 17.7 Å².